The molecule has 0 aliphatic heterocycles. The molecule has 0 aliphatic rings. The van der Waals surface area contributed by atoms with Crippen LogP contribution in [-0.4, -0.2) is 28.3 Å². The number of anilines is 2. The zero-order valence-electron chi connectivity index (χ0n) is 16.8. The molecule has 0 spiro atoms. The summed E-state index contributed by atoms with van der Waals surface area (Å²) in [6.45, 7) is 4.07. The van der Waals surface area contributed by atoms with Crippen LogP contribution < -0.4 is 15.8 Å². The Morgan fingerprint density at radius 1 is 1.26 bits per heavy atom. The van der Waals surface area contributed by atoms with Gasteiger partial charge in [-0.05, 0) is 37.6 Å². The zero-order valence-corrected chi connectivity index (χ0v) is 17.6. The second-order valence-electron chi connectivity index (χ2n) is 6.99. The molecule has 0 saturated heterocycles. The van der Waals surface area contributed by atoms with Crippen LogP contribution in [0.4, 0.5) is 29.3 Å². The molecule has 6 nitrogen and oxygen atoms in total. The lowest BCUT2D eigenvalue weighted by Crippen LogP contribution is -2.39. The third-order valence-electron chi connectivity index (χ3n) is 4.34. The monoisotopic (exact) mass is 450 g/mol. The van der Waals surface area contributed by atoms with E-state index in [-0.39, 0.29) is 17.4 Å². The van der Waals surface area contributed by atoms with Gasteiger partial charge in [-0.3, -0.25) is 0 Å². The fraction of sp³-hybridized carbons (Fsp3) is 0.238. The fourth-order valence-electron chi connectivity index (χ4n) is 2.89. The minimum atomic E-state index is -4.82. The lowest BCUT2D eigenvalue weighted by atomic mass is 10.1. The topological polar surface area (TPSA) is 80.5 Å². The zero-order chi connectivity index (χ0) is 22.6. The Morgan fingerprint density at radius 2 is 2.03 bits per heavy atom. The highest BCUT2D eigenvalue weighted by molar-refractivity contribution is 7.13. The van der Waals surface area contributed by atoms with Crippen molar-refractivity contribution >= 4 is 28.7 Å². The minimum Gasteiger partial charge on any atom is -0.406 e. The molecule has 0 fully saturated rings. The normalized spacial score (nSPS) is 11.4. The quantitative estimate of drug-likeness (QED) is 0.470. The molecule has 3 rings (SSSR count). The molecular weight excluding hydrogens is 429 g/mol. The second-order valence-corrected chi connectivity index (χ2v) is 7.88. The van der Waals surface area contributed by atoms with Gasteiger partial charge in [0.25, 0.3) is 0 Å². The number of alkyl halides is 3. The average Bonchev–Trinajstić information content (AvgIpc) is 3.22. The van der Waals surface area contributed by atoms with Crippen LogP contribution in [0.25, 0.3) is 10.6 Å². The largest absolute Gasteiger partial charge is 0.573 e. The smallest absolute Gasteiger partial charge is 0.406 e. The third-order valence-corrected chi connectivity index (χ3v) is 5.16. The number of hydrogen-bond acceptors (Lipinski definition) is 5. The van der Waals surface area contributed by atoms with E-state index in [9.17, 15) is 18.0 Å². The Hall–Kier alpha value is -3.27. The van der Waals surface area contributed by atoms with Gasteiger partial charge < -0.3 is 20.7 Å². The molecule has 31 heavy (non-hydrogen) atoms. The number of aromatic nitrogens is 1. The van der Waals surface area contributed by atoms with E-state index in [0.29, 0.717) is 6.54 Å². The van der Waals surface area contributed by atoms with Gasteiger partial charge in [-0.2, -0.15) is 0 Å². The van der Waals surface area contributed by atoms with Gasteiger partial charge in [-0.15, -0.1) is 24.5 Å². The van der Waals surface area contributed by atoms with Crippen LogP contribution in [0.2, 0.25) is 0 Å². The number of carbonyl (C=O) groups is 1. The minimum absolute atomic E-state index is 0.0374. The Morgan fingerprint density at radius 3 is 2.65 bits per heavy atom. The molecule has 0 radical (unpaired) electrons. The summed E-state index contributed by atoms with van der Waals surface area (Å²) in [5, 5.41) is 5.44. The van der Waals surface area contributed by atoms with E-state index < -0.39 is 18.1 Å². The first-order valence-corrected chi connectivity index (χ1v) is 10.2. The Kier molecular flexibility index (Phi) is 6.69. The van der Waals surface area contributed by atoms with E-state index in [2.05, 4.69) is 15.0 Å². The van der Waals surface area contributed by atoms with Crippen molar-refractivity contribution in [1.82, 2.24) is 9.88 Å². The summed E-state index contributed by atoms with van der Waals surface area (Å²) in [6, 6.07) is 10.6. The molecule has 10 heteroatoms. The summed E-state index contributed by atoms with van der Waals surface area (Å²) < 4.78 is 40.9. The number of rotatable bonds is 6. The van der Waals surface area contributed by atoms with Gasteiger partial charge in [0.2, 0.25) is 0 Å². The number of carbonyl (C=O) groups excluding carboxylic acids is 1. The maximum atomic E-state index is 12.9. The highest BCUT2D eigenvalue weighted by Crippen LogP contribution is 2.29. The van der Waals surface area contributed by atoms with Gasteiger partial charge in [0.15, 0.2) is 0 Å². The lowest BCUT2D eigenvalue weighted by molar-refractivity contribution is -0.274. The Labute approximate surface area is 181 Å². The van der Waals surface area contributed by atoms with E-state index >= 15 is 0 Å². The van der Waals surface area contributed by atoms with Crippen molar-refractivity contribution < 1.29 is 22.7 Å². The maximum absolute atomic E-state index is 12.9. The van der Waals surface area contributed by atoms with Gasteiger partial charge in [0.05, 0.1) is 11.4 Å². The van der Waals surface area contributed by atoms with Crippen LogP contribution >= 0.6 is 11.3 Å². The Balaban J connectivity index is 1.74. The summed E-state index contributed by atoms with van der Waals surface area (Å²) in [4.78, 5) is 18.8. The number of halogens is 3. The van der Waals surface area contributed by atoms with Crippen molar-refractivity contribution in [1.29, 1.82) is 0 Å². The summed E-state index contributed by atoms with van der Waals surface area (Å²) in [7, 11) is 0. The van der Waals surface area contributed by atoms with Gasteiger partial charge in [0.1, 0.15) is 10.8 Å². The van der Waals surface area contributed by atoms with Crippen molar-refractivity contribution in [2.45, 2.75) is 32.8 Å². The number of nitrogens with one attached hydrogen (secondary N) is 1. The number of nitrogens with two attached hydrogens (primary N) is 1. The number of thiazole rings is 1. The van der Waals surface area contributed by atoms with Crippen molar-refractivity contribution in [3.63, 3.8) is 0 Å². The molecule has 2 amide bonds. The van der Waals surface area contributed by atoms with Gasteiger partial charge in [0, 0.05) is 35.8 Å². The van der Waals surface area contributed by atoms with E-state index in [4.69, 9.17) is 5.73 Å². The SMILES string of the molecule is CC(C)N(Cc1cccc(-c2nccs2)c1)C(=O)Nc1ccc(OC(F)(F)F)cc1N. The first-order valence-electron chi connectivity index (χ1n) is 9.34. The number of ether oxygens (including phenoxy) is 1. The third kappa shape index (κ3) is 6.11. The number of nitrogen functional groups attached to an aromatic ring is 1. The number of hydrogen-bond donors (Lipinski definition) is 2. The lowest BCUT2D eigenvalue weighted by Gasteiger charge is -2.27. The summed E-state index contributed by atoms with van der Waals surface area (Å²) in [5.41, 5.74) is 7.84. The van der Waals surface area contributed by atoms with Crippen molar-refractivity contribution in [3.05, 3.63) is 59.6 Å². The van der Waals surface area contributed by atoms with Gasteiger partial charge in [-0.25, -0.2) is 9.78 Å². The summed E-state index contributed by atoms with van der Waals surface area (Å²) in [5.74, 6) is -0.456. The molecule has 3 aromatic rings. The molecule has 164 valence electrons. The molecule has 1 aromatic heterocycles. The molecular formula is C21H21F3N4O2S. The summed E-state index contributed by atoms with van der Waals surface area (Å²) in [6.07, 6.45) is -3.09. The molecule has 0 aliphatic carbocycles. The van der Waals surface area contributed by atoms with Crippen LogP contribution in [0, 0.1) is 0 Å². The second kappa shape index (κ2) is 9.25. The van der Waals surface area contributed by atoms with Crippen molar-refractivity contribution in [2.75, 3.05) is 11.1 Å². The van der Waals surface area contributed by atoms with Gasteiger partial charge in [-0.1, -0.05) is 18.2 Å². The van der Waals surface area contributed by atoms with Crippen molar-refractivity contribution in [2.24, 2.45) is 0 Å². The van der Waals surface area contributed by atoms with Crippen LogP contribution in [0.3, 0.4) is 0 Å². The molecule has 0 unspecified atom stereocenters. The molecule has 2 aromatic carbocycles. The number of amides is 2. The maximum Gasteiger partial charge on any atom is 0.573 e. The predicted molar refractivity (Wildman–Crippen MR) is 115 cm³/mol. The fourth-order valence-corrected chi connectivity index (χ4v) is 3.53. The highest BCUT2D eigenvalue weighted by Gasteiger charge is 2.31. The Bertz CT molecular complexity index is 1040. The molecule has 3 N–H and O–H groups in total. The van der Waals surface area contributed by atoms with Crippen molar-refractivity contribution in [3.8, 4) is 16.3 Å². The summed E-state index contributed by atoms with van der Waals surface area (Å²) >= 11 is 1.53. The van der Waals surface area contributed by atoms with Crippen LogP contribution in [0.5, 0.6) is 5.75 Å². The van der Waals surface area contributed by atoms with E-state index in [1.54, 1.807) is 11.1 Å². The highest BCUT2D eigenvalue weighted by atomic mass is 32.1. The van der Waals surface area contributed by atoms with E-state index in [1.165, 1.54) is 17.4 Å². The first-order chi connectivity index (χ1) is 14.6. The van der Waals surface area contributed by atoms with Gasteiger partial charge >= 0.3 is 12.4 Å². The van der Waals surface area contributed by atoms with Crippen LogP contribution in [0.15, 0.2) is 54.0 Å². The molecule has 0 bridgehead atoms. The number of benzene rings is 2. The number of nitrogens with zero attached hydrogens (tertiary/aromatic N) is 2. The van der Waals surface area contributed by atoms with E-state index in [1.807, 2.05) is 43.5 Å². The van der Waals surface area contributed by atoms with E-state index in [0.717, 1.165) is 28.3 Å². The number of urea groups is 1. The predicted octanol–water partition coefficient (Wildman–Crippen LogP) is 5.73. The standard InChI is InChI=1S/C21H21F3N4O2S/c1-13(2)28(12-14-4-3-5-15(10-14)19-26-8-9-31-19)20(29)27-18-7-6-16(11-17(18)25)30-21(22,23)24/h3-11,13H,12,25H2,1-2H3,(H,27,29). The molecule has 0 saturated carbocycles. The molecule has 0 atom stereocenters. The molecule has 1 heterocycles. The van der Waals surface area contributed by atoms with Crippen LogP contribution in [0.1, 0.15) is 19.4 Å². The van der Waals surface area contributed by atoms with Crippen LogP contribution in [-0.2, 0) is 6.54 Å². The average molecular weight is 450 g/mol. The first kappa shape index (κ1) is 22.4.